The van der Waals surface area contributed by atoms with Crippen molar-refractivity contribution in [3.63, 3.8) is 0 Å². The van der Waals surface area contributed by atoms with E-state index in [1.165, 1.54) is 4.31 Å². The van der Waals surface area contributed by atoms with Crippen LogP contribution in [-0.4, -0.2) is 50.6 Å². The first-order valence-electron chi connectivity index (χ1n) is 5.62. The zero-order chi connectivity index (χ0) is 13.5. The summed E-state index contributed by atoms with van der Waals surface area (Å²) in [6.07, 6.45) is 0.740. The van der Waals surface area contributed by atoms with Crippen LogP contribution in [0.3, 0.4) is 0 Å². The molecule has 0 aliphatic carbocycles. The molecule has 0 heterocycles. The minimum absolute atomic E-state index is 0.00254. The topological polar surface area (TPSA) is 96.5 Å². The quantitative estimate of drug-likeness (QED) is 0.358. The van der Waals surface area contributed by atoms with Crippen molar-refractivity contribution >= 4 is 15.9 Å². The van der Waals surface area contributed by atoms with Gasteiger partial charge >= 0.3 is 0 Å². The van der Waals surface area contributed by atoms with Crippen molar-refractivity contribution in [2.24, 2.45) is 5.73 Å². The second-order valence-corrected chi connectivity index (χ2v) is 6.18. The van der Waals surface area contributed by atoms with Crippen LogP contribution in [0.5, 0.6) is 0 Å². The summed E-state index contributed by atoms with van der Waals surface area (Å²) in [5.41, 5.74) is 5.25. The molecule has 0 aromatic heterocycles. The molecule has 6 nitrogen and oxygen atoms in total. The van der Waals surface area contributed by atoms with E-state index in [9.17, 15) is 8.42 Å². The van der Waals surface area contributed by atoms with Gasteiger partial charge in [0.2, 0.25) is 10.0 Å². The molecule has 0 aliphatic heterocycles. The molecular formula is C10H23N3O3S. The van der Waals surface area contributed by atoms with E-state index in [1.807, 2.05) is 13.8 Å². The lowest BCUT2D eigenvalue weighted by atomic mass is 10.3. The monoisotopic (exact) mass is 265 g/mol. The van der Waals surface area contributed by atoms with E-state index < -0.39 is 10.0 Å². The molecule has 0 unspecified atom stereocenters. The first kappa shape index (κ1) is 16.3. The highest BCUT2D eigenvalue weighted by atomic mass is 32.2. The van der Waals surface area contributed by atoms with Crippen molar-refractivity contribution in [1.29, 1.82) is 5.41 Å². The maximum Gasteiger partial charge on any atom is 0.214 e. The summed E-state index contributed by atoms with van der Waals surface area (Å²) in [7, 11) is -1.74. The number of ether oxygens (including phenoxy) is 1. The number of hydrogen-bond acceptors (Lipinski definition) is 4. The van der Waals surface area contributed by atoms with Crippen molar-refractivity contribution in [1.82, 2.24) is 4.31 Å². The van der Waals surface area contributed by atoms with Gasteiger partial charge in [-0.2, -0.15) is 4.31 Å². The van der Waals surface area contributed by atoms with Gasteiger partial charge in [-0.15, -0.1) is 0 Å². The van der Waals surface area contributed by atoms with Crippen LogP contribution in [0, 0.1) is 5.41 Å². The summed E-state index contributed by atoms with van der Waals surface area (Å²) in [5.74, 6) is 0.0689. The molecule has 0 saturated heterocycles. The SMILES string of the molecule is COCCCS(=O)(=O)N(CCC(=N)N)C(C)C. The molecule has 0 fully saturated rings. The number of amidine groups is 1. The maximum atomic E-state index is 12.0. The average molecular weight is 265 g/mol. The highest BCUT2D eigenvalue weighted by Gasteiger charge is 2.24. The minimum atomic E-state index is -3.29. The van der Waals surface area contributed by atoms with Crippen LogP contribution in [0.1, 0.15) is 26.7 Å². The Labute approximate surface area is 104 Å². The van der Waals surface area contributed by atoms with E-state index in [1.54, 1.807) is 7.11 Å². The first-order valence-corrected chi connectivity index (χ1v) is 7.23. The highest BCUT2D eigenvalue weighted by molar-refractivity contribution is 7.89. The van der Waals surface area contributed by atoms with Crippen LogP contribution in [0.15, 0.2) is 0 Å². The molecule has 0 aromatic carbocycles. The van der Waals surface area contributed by atoms with Crippen LogP contribution < -0.4 is 5.73 Å². The predicted molar refractivity (Wildman–Crippen MR) is 68.7 cm³/mol. The smallest absolute Gasteiger partial charge is 0.214 e. The third-order valence-electron chi connectivity index (χ3n) is 2.29. The van der Waals surface area contributed by atoms with E-state index in [0.717, 1.165) is 0 Å². The number of methoxy groups -OCH3 is 1. The second-order valence-electron chi connectivity index (χ2n) is 4.14. The van der Waals surface area contributed by atoms with Gasteiger partial charge in [-0.25, -0.2) is 8.42 Å². The van der Waals surface area contributed by atoms with Gasteiger partial charge < -0.3 is 10.5 Å². The van der Waals surface area contributed by atoms with Crippen molar-refractivity contribution < 1.29 is 13.2 Å². The third-order valence-corrected chi connectivity index (χ3v) is 4.41. The normalized spacial score (nSPS) is 12.3. The molecule has 17 heavy (non-hydrogen) atoms. The molecule has 0 aliphatic rings. The van der Waals surface area contributed by atoms with E-state index in [2.05, 4.69) is 0 Å². The zero-order valence-electron chi connectivity index (χ0n) is 10.8. The highest BCUT2D eigenvalue weighted by Crippen LogP contribution is 2.09. The van der Waals surface area contributed by atoms with Crippen molar-refractivity contribution in [3.05, 3.63) is 0 Å². The van der Waals surface area contributed by atoms with E-state index in [0.29, 0.717) is 13.0 Å². The van der Waals surface area contributed by atoms with E-state index in [4.69, 9.17) is 15.9 Å². The largest absolute Gasteiger partial charge is 0.388 e. The molecule has 0 rings (SSSR count). The number of nitrogens with one attached hydrogen (secondary N) is 1. The van der Waals surface area contributed by atoms with Crippen LogP contribution in [0.4, 0.5) is 0 Å². The molecule has 102 valence electrons. The summed E-state index contributed by atoms with van der Waals surface area (Å²) in [6.45, 7) is 4.32. The van der Waals surface area contributed by atoms with Gasteiger partial charge in [-0.1, -0.05) is 0 Å². The van der Waals surface area contributed by atoms with Gasteiger partial charge in [-0.05, 0) is 20.3 Å². The second kappa shape index (κ2) is 7.62. The van der Waals surface area contributed by atoms with Crippen LogP contribution in [0.25, 0.3) is 0 Å². The molecule has 0 bridgehead atoms. The van der Waals surface area contributed by atoms with Crippen molar-refractivity contribution in [2.75, 3.05) is 26.0 Å². The van der Waals surface area contributed by atoms with Crippen molar-refractivity contribution in [2.45, 2.75) is 32.7 Å². The lowest BCUT2D eigenvalue weighted by Crippen LogP contribution is -2.40. The number of sulfonamides is 1. The number of nitrogens with two attached hydrogens (primary N) is 1. The molecule has 0 radical (unpaired) electrons. The summed E-state index contributed by atoms with van der Waals surface area (Å²) in [6, 6.07) is -0.123. The van der Waals surface area contributed by atoms with Gasteiger partial charge in [0.1, 0.15) is 0 Å². The first-order chi connectivity index (χ1) is 7.81. The van der Waals surface area contributed by atoms with E-state index in [-0.39, 0.29) is 30.6 Å². The fourth-order valence-corrected chi connectivity index (χ4v) is 3.18. The fourth-order valence-electron chi connectivity index (χ4n) is 1.45. The van der Waals surface area contributed by atoms with Gasteiger partial charge in [-0.3, -0.25) is 5.41 Å². The molecule has 0 atom stereocenters. The van der Waals surface area contributed by atoms with Crippen LogP contribution in [0.2, 0.25) is 0 Å². The average Bonchev–Trinajstić information content (AvgIpc) is 2.16. The standard InChI is InChI=1S/C10H23N3O3S/c1-9(2)13(6-5-10(11)12)17(14,15)8-4-7-16-3/h9H,4-8H2,1-3H3,(H3,11,12). The zero-order valence-corrected chi connectivity index (χ0v) is 11.6. The molecular weight excluding hydrogens is 242 g/mol. The Hall–Kier alpha value is -0.660. The number of hydrogen-bond donors (Lipinski definition) is 2. The Balaban J connectivity index is 4.51. The Morgan fingerprint density at radius 3 is 2.47 bits per heavy atom. The lowest BCUT2D eigenvalue weighted by Gasteiger charge is -2.25. The third kappa shape index (κ3) is 6.60. The summed E-state index contributed by atoms with van der Waals surface area (Å²) in [5, 5.41) is 7.14. The fraction of sp³-hybridized carbons (Fsp3) is 0.900. The number of nitrogens with zero attached hydrogens (tertiary/aromatic N) is 1. The lowest BCUT2D eigenvalue weighted by molar-refractivity contribution is 0.199. The van der Waals surface area contributed by atoms with Crippen molar-refractivity contribution in [3.8, 4) is 0 Å². The van der Waals surface area contributed by atoms with Crippen LogP contribution in [-0.2, 0) is 14.8 Å². The Kier molecular flexibility index (Phi) is 7.33. The molecule has 0 saturated carbocycles. The minimum Gasteiger partial charge on any atom is -0.388 e. The van der Waals surface area contributed by atoms with Gasteiger partial charge in [0.15, 0.2) is 0 Å². The molecule has 7 heteroatoms. The molecule has 0 amide bonds. The summed E-state index contributed by atoms with van der Waals surface area (Å²) in [4.78, 5) is 0. The van der Waals surface area contributed by atoms with E-state index >= 15 is 0 Å². The Morgan fingerprint density at radius 1 is 1.47 bits per heavy atom. The van der Waals surface area contributed by atoms with Gasteiger partial charge in [0.05, 0.1) is 11.6 Å². The summed E-state index contributed by atoms with van der Waals surface area (Å²) >= 11 is 0. The molecule has 0 spiro atoms. The van der Waals surface area contributed by atoms with Gasteiger partial charge in [0, 0.05) is 32.7 Å². The van der Waals surface area contributed by atoms with Crippen LogP contribution >= 0.6 is 0 Å². The maximum absolute atomic E-state index is 12.0. The van der Waals surface area contributed by atoms with Gasteiger partial charge in [0.25, 0.3) is 0 Å². The summed E-state index contributed by atoms with van der Waals surface area (Å²) < 4.78 is 30.3. The number of rotatable bonds is 9. The Bertz CT molecular complexity index is 328. The Morgan fingerprint density at radius 2 is 2.06 bits per heavy atom. The predicted octanol–water partition coefficient (Wildman–Crippen LogP) is 0.389. The molecule has 0 aromatic rings. The molecule has 3 N–H and O–H groups in total.